The Morgan fingerprint density at radius 1 is 0.706 bits per heavy atom. The highest BCUT2D eigenvalue weighted by Gasteiger charge is 2.25. The summed E-state index contributed by atoms with van der Waals surface area (Å²) in [6, 6.07) is 16.6. The van der Waals surface area contributed by atoms with Crippen LogP contribution in [0, 0.1) is 23.4 Å². The van der Waals surface area contributed by atoms with Gasteiger partial charge in [-0.05, 0) is 90.7 Å². The van der Waals surface area contributed by atoms with E-state index in [4.69, 9.17) is 0 Å². The van der Waals surface area contributed by atoms with Crippen LogP contribution in [0.25, 0.3) is 11.1 Å². The van der Waals surface area contributed by atoms with Crippen LogP contribution in [0.4, 0.5) is 13.2 Å². The zero-order valence-electron chi connectivity index (χ0n) is 20.3. The van der Waals surface area contributed by atoms with Gasteiger partial charge in [-0.2, -0.15) is 0 Å². The van der Waals surface area contributed by atoms with Crippen LogP contribution in [0.2, 0.25) is 0 Å². The lowest BCUT2D eigenvalue weighted by atomic mass is 9.77. The predicted molar refractivity (Wildman–Crippen MR) is 135 cm³/mol. The minimum Gasteiger partial charge on any atom is -0.207 e. The minimum atomic E-state index is -0.745. The standard InChI is InChI=1S/C31H35F3/c1-3-5-26-17-12-23(20-29(26)32)7-6-22-10-15-25(16-11-22)28-19-18-27(30(33)31(28)34)24-13-8-21(4-2)9-14-24/h10-12,15-21,24H,3-9,13-14H2,1-2H3. The number of hydrogen-bond donors (Lipinski definition) is 0. The van der Waals surface area contributed by atoms with E-state index in [1.54, 1.807) is 18.2 Å². The second-order valence-electron chi connectivity index (χ2n) is 9.83. The van der Waals surface area contributed by atoms with Gasteiger partial charge >= 0.3 is 0 Å². The van der Waals surface area contributed by atoms with Crippen LogP contribution < -0.4 is 0 Å². The fraction of sp³-hybridized carbons (Fsp3) is 0.419. The number of benzene rings is 3. The fourth-order valence-corrected chi connectivity index (χ4v) is 5.34. The van der Waals surface area contributed by atoms with Crippen molar-refractivity contribution in [1.29, 1.82) is 0 Å². The largest absolute Gasteiger partial charge is 0.207 e. The Morgan fingerprint density at radius 2 is 1.38 bits per heavy atom. The van der Waals surface area contributed by atoms with E-state index in [2.05, 4.69) is 6.92 Å². The lowest BCUT2D eigenvalue weighted by Crippen LogP contribution is -2.14. The van der Waals surface area contributed by atoms with Gasteiger partial charge in [0.1, 0.15) is 5.82 Å². The van der Waals surface area contributed by atoms with Crippen LogP contribution in [0.3, 0.4) is 0 Å². The van der Waals surface area contributed by atoms with Crippen LogP contribution in [0.1, 0.15) is 80.5 Å². The van der Waals surface area contributed by atoms with Crippen LogP contribution in [0.15, 0.2) is 54.6 Å². The van der Waals surface area contributed by atoms with Gasteiger partial charge in [-0.1, -0.05) is 75.2 Å². The van der Waals surface area contributed by atoms with Crippen LogP contribution in [-0.2, 0) is 19.3 Å². The topological polar surface area (TPSA) is 0 Å². The summed E-state index contributed by atoms with van der Waals surface area (Å²) in [6.45, 7) is 4.25. The molecule has 1 saturated carbocycles. The monoisotopic (exact) mass is 464 g/mol. The van der Waals surface area contributed by atoms with Crippen molar-refractivity contribution in [3.8, 4) is 11.1 Å². The van der Waals surface area contributed by atoms with Gasteiger partial charge in [0.2, 0.25) is 0 Å². The summed E-state index contributed by atoms with van der Waals surface area (Å²) in [7, 11) is 0. The summed E-state index contributed by atoms with van der Waals surface area (Å²) in [5.41, 5.74) is 4.35. The van der Waals surface area contributed by atoms with Crippen molar-refractivity contribution in [2.45, 2.75) is 77.6 Å². The number of hydrogen-bond acceptors (Lipinski definition) is 0. The summed E-state index contributed by atoms with van der Waals surface area (Å²) in [4.78, 5) is 0. The lowest BCUT2D eigenvalue weighted by Gasteiger charge is -2.28. The molecule has 4 rings (SSSR count). The van der Waals surface area contributed by atoms with Crippen molar-refractivity contribution >= 4 is 0 Å². The third-order valence-electron chi connectivity index (χ3n) is 7.58. The van der Waals surface area contributed by atoms with Gasteiger partial charge in [0, 0.05) is 5.56 Å². The molecule has 0 spiro atoms. The van der Waals surface area contributed by atoms with E-state index >= 15 is 8.78 Å². The molecule has 3 heteroatoms. The molecule has 1 fully saturated rings. The van der Waals surface area contributed by atoms with Crippen molar-refractivity contribution in [2.75, 3.05) is 0 Å². The zero-order chi connectivity index (χ0) is 24.1. The molecule has 0 saturated heterocycles. The second-order valence-corrected chi connectivity index (χ2v) is 9.83. The van der Waals surface area contributed by atoms with E-state index in [1.807, 2.05) is 43.3 Å². The number of rotatable bonds is 8. The van der Waals surface area contributed by atoms with Gasteiger partial charge in [-0.3, -0.25) is 0 Å². The van der Waals surface area contributed by atoms with E-state index in [-0.39, 0.29) is 11.7 Å². The Hall–Kier alpha value is -2.55. The van der Waals surface area contributed by atoms with Crippen molar-refractivity contribution < 1.29 is 13.2 Å². The Labute approximate surface area is 202 Å². The highest BCUT2D eigenvalue weighted by atomic mass is 19.2. The van der Waals surface area contributed by atoms with Crippen molar-refractivity contribution in [3.05, 3.63) is 94.3 Å². The molecule has 1 aliphatic carbocycles. The average molecular weight is 465 g/mol. The van der Waals surface area contributed by atoms with Gasteiger partial charge in [0.25, 0.3) is 0 Å². The summed E-state index contributed by atoms with van der Waals surface area (Å²) in [5.74, 6) is -0.717. The van der Waals surface area contributed by atoms with Crippen molar-refractivity contribution in [2.24, 2.45) is 5.92 Å². The first-order valence-corrected chi connectivity index (χ1v) is 12.8. The van der Waals surface area contributed by atoms with E-state index < -0.39 is 11.6 Å². The molecule has 0 aromatic heterocycles. The molecule has 3 aromatic carbocycles. The first-order valence-electron chi connectivity index (χ1n) is 12.8. The number of aryl methyl sites for hydroxylation is 3. The van der Waals surface area contributed by atoms with Crippen LogP contribution in [-0.4, -0.2) is 0 Å². The normalized spacial score (nSPS) is 18.3. The van der Waals surface area contributed by atoms with E-state index in [1.165, 1.54) is 6.42 Å². The van der Waals surface area contributed by atoms with E-state index in [0.717, 1.165) is 74.0 Å². The van der Waals surface area contributed by atoms with E-state index in [0.29, 0.717) is 16.7 Å². The second kappa shape index (κ2) is 11.3. The third kappa shape index (κ3) is 5.56. The summed E-state index contributed by atoms with van der Waals surface area (Å²) >= 11 is 0. The van der Waals surface area contributed by atoms with Gasteiger partial charge < -0.3 is 0 Å². The highest BCUT2D eigenvalue weighted by molar-refractivity contribution is 5.65. The zero-order valence-corrected chi connectivity index (χ0v) is 20.3. The molecular weight excluding hydrogens is 429 g/mol. The van der Waals surface area contributed by atoms with Crippen molar-refractivity contribution in [3.63, 3.8) is 0 Å². The Morgan fingerprint density at radius 3 is 2.03 bits per heavy atom. The molecule has 0 unspecified atom stereocenters. The quantitative estimate of drug-likeness (QED) is 0.312. The van der Waals surface area contributed by atoms with Gasteiger partial charge in [-0.15, -0.1) is 0 Å². The molecule has 0 nitrogen and oxygen atoms in total. The molecular formula is C31H35F3. The Kier molecular flexibility index (Phi) is 8.13. The first kappa shape index (κ1) is 24.6. The molecule has 0 amide bonds. The minimum absolute atomic E-state index is 0.120. The Balaban J connectivity index is 1.42. The molecule has 0 bridgehead atoms. The van der Waals surface area contributed by atoms with E-state index in [9.17, 15) is 4.39 Å². The lowest BCUT2D eigenvalue weighted by molar-refractivity contribution is 0.312. The molecule has 180 valence electrons. The highest BCUT2D eigenvalue weighted by Crippen LogP contribution is 2.39. The fourth-order valence-electron chi connectivity index (χ4n) is 5.34. The van der Waals surface area contributed by atoms with Gasteiger partial charge in [0.15, 0.2) is 11.6 Å². The molecule has 0 radical (unpaired) electrons. The maximum absolute atomic E-state index is 15.0. The molecule has 0 N–H and O–H groups in total. The summed E-state index contributed by atoms with van der Waals surface area (Å²) in [6.07, 6.45) is 8.43. The molecule has 0 atom stereocenters. The average Bonchev–Trinajstić information content (AvgIpc) is 2.86. The summed E-state index contributed by atoms with van der Waals surface area (Å²) < 4.78 is 44.2. The smallest absolute Gasteiger partial charge is 0.166 e. The van der Waals surface area contributed by atoms with Crippen LogP contribution >= 0.6 is 0 Å². The molecule has 34 heavy (non-hydrogen) atoms. The molecule has 0 heterocycles. The predicted octanol–water partition coefficient (Wildman–Crippen LogP) is 9.19. The van der Waals surface area contributed by atoms with Gasteiger partial charge in [-0.25, -0.2) is 13.2 Å². The maximum Gasteiger partial charge on any atom is 0.166 e. The number of halogens is 3. The first-order chi connectivity index (χ1) is 16.5. The Bertz CT molecular complexity index is 1090. The molecule has 3 aromatic rings. The third-order valence-corrected chi connectivity index (χ3v) is 7.58. The maximum atomic E-state index is 15.0. The molecule has 1 aliphatic rings. The van der Waals surface area contributed by atoms with Gasteiger partial charge in [0.05, 0.1) is 0 Å². The summed E-state index contributed by atoms with van der Waals surface area (Å²) in [5, 5.41) is 0. The molecule has 0 aliphatic heterocycles. The SMILES string of the molecule is CCCc1ccc(CCc2ccc(-c3ccc(C4CCC(CC)CC4)c(F)c3F)cc2)cc1F. The van der Waals surface area contributed by atoms with Crippen molar-refractivity contribution in [1.82, 2.24) is 0 Å². The van der Waals surface area contributed by atoms with Crippen LogP contribution in [0.5, 0.6) is 0 Å².